The van der Waals surface area contributed by atoms with Crippen LogP contribution in [0.15, 0.2) is 0 Å². The molecule has 6 atom stereocenters. The van der Waals surface area contributed by atoms with E-state index in [9.17, 15) is 9.59 Å². The highest BCUT2D eigenvalue weighted by Gasteiger charge is 2.48. The third-order valence-corrected chi connectivity index (χ3v) is 7.27. The van der Waals surface area contributed by atoms with Crippen LogP contribution in [0.3, 0.4) is 0 Å². The van der Waals surface area contributed by atoms with Gasteiger partial charge >= 0.3 is 11.9 Å². The molecule has 2 saturated heterocycles. The first-order valence-corrected chi connectivity index (χ1v) is 13.1. The van der Waals surface area contributed by atoms with Gasteiger partial charge in [0.05, 0.1) is 25.0 Å². The van der Waals surface area contributed by atoms with Gasteiger partial charge in [-0.3, -0.25) is 0 Å². The van der Waals surface area contributed by atoms with Crippen LogP contribution in [0.4, 0.5) is 0 Å². The Morgan fingerprint density at radius 1 is 0.639 bits per heavy atom. The van der Waals surface area contributed by atoms with Crippen molar-refractivity contribution in [1.82, 2.24) is 0 Å². The normalized spacial score (nSPS) is 30.6. The molecule has 0 bridgehead atoms. The number of ether oxygens (including phenoxy) is 2. The van der Waals surface area contributed by atoms with E-state index in [1.54, 1.807) is 0 Å². The quantitative estimate of drug-likeness (QED) is 0.312. The number of hydrogen-bond acceptors (Lipinski definition) is 8. The molecule has 2 saturated carbocycles. The lowest BCUT2D eigenvalue weighted by Crippen LogP contribution is -2.89. The Morgan fingerprint density at radius 3 is 1.25 bits per heavy atom. The lowest BCUT2D eigenvalue weighted by molar-refractivity contribution is -0.664. The predicted octanol–water partition coefficient (Wildman–Crippen LogP) is -2.13. The molecule has 206 valence electrons. The maximum Gasteiger partial charge on any atom is 0.365 e. The van der Waals surface area contributed by atoms with Gasteiger partial charge in [-0.05, 0) is 67.2 Å². The third kappa shape index (κ3) is 9.03. The van der Waals surface area contributed by atoms with Crippen LogP contribution in [0.5, 0.6) is 0 Å². The molecule has 10 nitrogen and oxygen atoms in total. The number of quaternary nitrogens is 2. The van der Waals surface area contributed by atoms with Crippen molar-refractivity contribution in [3.8, 4) is 0 Å². The highest BCUT2D eigenvalue weighted by atomic mass is 16.6. The zero-order valence-corrected chi connectivity index (χ0v) is 22.5. The number of rotatable bonds is 2. The number of nitrogens with two attached hydrogens (primary N) is 2. The fourth-order valence-electron chi connectivity index (χ4n) is 5.94. The van der Waals surface area contributed by atoms with Gasteiger partial charge in [-0.2, -0.15) is 0 Å². The summed E-state index contributed by atoms with van der Waals surface area (Å²) in [4.78, 5) is 41.8. The Balaban J connectivity index is 0.000000208. The van der Waals surface area contributed by atoms with Crippen molar-refractivity contribution in [1.29, 1.82) is 0 Å². The molecule has 0 spiro atoms. The van der Waals surface area contributed by atoms with E-state index in [0.717, 1.165) is 24.9 Å². The largest absolute Gasteiger partial charge is 0.543 e. The molecule has 2 aliphatic carbocycles. The highest BCUT2D eigenvalue weighted by molar-refractivity contribution is 6.25. The van der Waals surface area contributed by atoms with E-state index < -0.39 is 11.9 Å². The smallest absolute Gasteiger partial charge is 0.365 e. The number of aliphatic carboxylic acids is 2. The summed E-state index contributed by atoms with van der Waals surface area (Å²) in [5.74, 6) is -1.68. The average Bonchev–Trinajstić information content (AvgIpc) is 3.47. The SMILES string of the molecule is CC(C)(C)OC(=O)C1[NH2+]C[C@@H]2CCC[C@H]12.CC(C)(C)OC(=O)C1[NH2+]C[C@@H]2CCC[C@H]12.O=C([O-])C(=O)[O-]. The van der Waals surface area contributed by atoms with Crippen LogP contribution >= 0.6 is 0 Å². The Kier molecular flexibility index (Phi) is 10.3. The monoisotopic (exact) mass is 512 g/mol. The molecule has 4 N–H and O–H groups in total. The zero-order valence-electron chi connectivity index (χ0n) is 22.5. The van der Waals surface area contributed by atoms with Crippen molar-refractivity contribution in [3.63, 3.8) is 0 Å². The van der Waals surface area contributed by atoms with E-state index >= 15 is 0 Å². The minimum atomic E-state index is -2.19. The fourth-order valence-corrected chi connectivity index (χ4v) is 5.94. The first kappa shape index (κ1) is 30.0. The van der Waals surface area contributed by atoms with Crippen LogP contribution in [-0.2, 0) is 28.7 Å². The molecule has 0 aromatic rings. The van der Waals surface area contributed by atoms with Gasteiger partial charge in [-0.15, -0.1) is 0 Å². The topological polar surface area (TPSA) is 166 Å². The molecule has 4 rings (SSSR count). The first-order chi connectivity index (χ1) is 16.6. The zero-order chi connectivity index (χ0) is 27.3. The Morgan fingerprint density at radius 2 is 0.972 bits per heavy atom. The Labute approximate surface area is 213 Å². The molecule has 2 heterocycles. The molecular weight excluding hydrogens is 468 g/mol. The van der Waals surface area contributed by atoms with E-state index in [0.29, 0.717) is 11.8 Å². The number of fused-ring (bicyclic) bond motifs is 2. The second-order valence-electron chi connectivity index (χ2n) is 12.3. The molecule has 0 aromatic heterocycles. The van der Waals surface area contributed by atoms with Crippen LogP contribution in [0.1, 0.15) is 80.1 Å². The van der Waals surface area contributed by atoms with E-state index in [1.807, 2.05) is 41.5 Å². The van der Waals surface area contributed by atoms with Gasteiger partial charge in [-0.25, -0.2) is 9.59 Å². The van der Waals surface area contributed by atoms with Gasteiger partial charge in [0, 0.05) is 23.7 Å². The van der Waals surface area contributed by atoms with Gasteiger partial charge < -0.3 is 39.9 Å². The predicted molar refractivity (Wildman–Crippen MR) is 125 cm³/mol. The molecule has 2 aliphatic heterocycles. The van der Waals surface area contributed by atoms with Crippen LogP contribution < -0.4 is 20.8 Å². The van der Waals surface area contributed by atoms with Crippen molar-refractivity contribution in [2.45, 2.75) is 103 Å². The molecule has 0 aromatic carbocycles. The van der Waals surface area contributed by atoms with Gasteiger partial charge in [0.1, 0.15) is 11.2 Å². The summed E-state index contributed by atoms with van der Waals surface area (Å²) in [6, 6.07) is 0.161. The van der Waals surface area contributed by atoms with Crippen LogP contribution in [0, 0.1) is 23.7 Å². The molecule has 2 unspecified atom stereocenters. The Hall–Kier alpha value is -2.20. The first-order valence-electron chi connectivity index (χ1n) is 13.1. The summed E-state index contributed by atoms with van der Waals surface area (Å²) >= 11 is 0. The summed E-state index contributed by atoms with van der Waals surface area (Å²) in [5, 5.41) is 22.2. The van der Waals surface area contributed by atoms with Gasteiger partial charge in [0.2, 0.25) is 0 Å². The van der Waals surface area contributed by atoms with Gasteiger partial charge in [0.15, 0.2) is 12.1 Å². The molecule has 36 heavy (non-hydrogen) atoms. The van der Waals surface area contributed by atoms with Crippen LogP contribution in [0.2, 0.25) is 0 Å². The minimum absolute atomic E-state index is 0.00287. The van der Waals surface area contributed by atoms with Crippen molar-refractivity contribution in [2.24, 2.45) is 23.7 Å². The van der Waals surface area contributed by atoms with E-state index in [-0.39, 0.29) is 35.2 Å². The molecule has 0 amide bonds. The second-order valence-corrected chi connectivity index (χ2v) is 12.3. The average molecular weight is 513 g/mol. The maximum atomic E-state index is 12.0. The summed E-state index contributed by atoms with van der Waals surface area (Å²) < 4.78 is 10.9. The maximum absolute atomic E-state index is 12.0. The second kappa shape index (κ2) is 12.4. The Bertz CT molecular complexity index is 735. The summed E-state index contributed by atoms with van der Waals surface area (Å²) in [6.45, 7) is 13.9. The highest BCUT2D eigenvalue weighted by Crippen LogP contribution is 2.36. The molecule has 10 heteroatoms. The lowest BCUT2D eigenvalue weighted by Gasteiger charge is -2.22. The molecular formula is C26H44N2O8. The number of carbonyl (C=O) groups is 4. The van der Waals surface area contributed by atoms with Gasteiger partial charge in [0.25, 0.3) is 0 Å². The molecule has 4 fully saturated rings. The lowest BCUT2D eigenvalue weighted by atomic mass is 9.94. The molecule has 0 radical (unpaired) electrons. The van der Waals surface area contributed by atoms with E-state index in [2.05, 4.69) is 10.6 Å². The number of carboxylic acid groups (broad SMARTS) is 2. The van der Waals surface area contributed by atoms with Crippen molar-refractivity contribution < 1.29 is 49.5 Å². The number of esters is 2. The van der Waals surface area contributed by atoms with Crippen molar-refractivity contribution >= 4 is 23.9 Å². The summed E-state index contributed by atoms with van der Waals surface area (Å²) in [6.07, 6.45) is 7.63. The van der Waals surface area contributed by atoms with E-state index in [4.69, 9.17) is 29.3 Å². The number of carboxylic acids is 2. The number of hydrogen-bond donors (Lipinski definition) is 2. The summed E-state index contributed by atoms with van der Waals surface area (Å²) in [5.41, 5.74) is -0.691. The third-order valence-electron chi connectivity index (χ3n) is 7.27. The summed E-state index contributed by atoms with van der Waals surface area (Å²) in [7, 11) is 0. The van der Waals surface area contributed by atoms with Crippen molar-refractivity contribution in [2.75, 3.05) is 13.1 Å². The van der Waals surface area contributed by atoms with Gasteiger partial charge in [-0.1, -0.05) is 12.8 Å². The van der Waals surface area contributed by atoms with Crippen molar-refractivity contribution in [3.05, 3.63) is 0 Å². The molecule has 4 aliphatic rings. The standard InChI is InChI=1S/2C12H21NO2.C2H2O4/c2*1-12(2,3)15-11(14)10-9-6-4-5-8(9)7-13-10;3-1(4)2(5)6/h2*8-10,13H,4-7H2,1-3H3;(H,3,4)(H,5,6)/t2*8-,9-,10?;/m00./s1. The number of carbonyl (C=O) groups excluding carboxylic acids is 4. The fraction of sp³-hybridized carbons (Fsp3) is 0.846. The van der Waals surface area contributed by atoms with Crippen LogP contribution in [-0.4, -0.2) is 60.3 Å². The minimum Gasteiger partial charge on any atom is -0.543 e. The van der Waals surface area contributed by atoms with Crippen LogP contribution in [0.25, 0.3) is 0 Å². The van der Waals surface area contributed by atoms with E-state index in [1.165, 1.54) is 38.5 Å².